The number of primary amides is 1. The lowest BCUT2D eigenvalue weighted by Gasteiger charge is -2.19. The van der Waals surface area contributed by atoms with Gasteiger partial charge in [-0.15, -0.1) is 11.8 Å². The molecule has 0 bridgehead atoms. The van der Waals surface area contributed by atoms with Gasteiger partial charge in [-0.1, -0.05) is 25.5 Å². The zero-order chi connectivity index (χ0) is 15.0. The Kier molecular flexibility index (Phi) is 7.33. The molecule has 0 radical (unpaired) electrons. The van der Waals surface area contributed by atoms with E-state index in [1.165, 1.54) is 0 Å². The van der Waals surface area contributed by atoms with Gasteiger partial charge in [0.05, 0.1) is 13.1 Å². The third-order valence-electron chi connectivity index (χ3n) is 2.99. The first-order valence-corrected chi connectivity index (χ1v) is 7.97. The molecule has 1 aromatic carbocycles. The van der Waals surface area contributed by atoms with Crippen LogP contribution in [0.25, 0.3) is 0 Å². The summed E-state index contributed by atoms with van der Waals surface area (Å²) in [5.74, 6) is -0.373. The molecule has 20 heavy (non-hydrogen) atoms. The summed E-state index contributed by atoms with van der Waals surface area (Å²) in [4.78, 5) is 26.2. The van der Waals surface area contributed by atoms with Crippen LogP contribution < -0.4 is 5.73 Å². The molecule has 2 N–H and O–H groups in total. The lowest BCUT2D eigenvalue weighted by atomic mass is 10.1. The van der Waals surface area contributed by atoms with Crippen LogP contribution in [-0.4, -0.2) is 42.5 Å². The number of carbonyl (C=O) groups excluding carboxylic acids is 2. The van der Waals surface area contributed by atoms with Gasteiger partial charge >= 0.3 is 0 Å². The Morgan fingerprint density at radius 1 is 1.20 bits per heavy atom. The fourth-order valence-corrected chi connectivity index (χ4v) is 2.30. The van der Waals surface area contributed by atoms with Crippen molar-refractivity contribution in [3.8, 4) is 0 Å². The molecule has 1 rings (SSSR count). The molecule has 0 unspecified atom stereocenters. The second-order valence-corrected chi connectivity index (χ2v) is 5.56. The zero-order valence-corrected chi connectivity index (χ0v) is 12.9. The summed E-state index contributed by atoms with van der Waals surface area (Å²) in [7, 11) is 0. The molecule has 5 heteroatoms. The van der Waals surface area contributed by atoms with Crippen molar-refractivity contribution < 1.29 is 9.59 Å². The van der Waals surface area contributed by atoms with E-state index in [0.29, 0.717) is 12.1 Å². The topological polar surface area (TPSA) is 63.4 Å². The number of hydrogen-bond donors (Lipinski definition) is 1. The van der Waals surface area contributed by atoms with E-state index < -0.39 is 5.91 Å². The molecule has 0 saturated heterocycles. The Labute approximate surface area is 124 Å². The summed E-state index contributed by atoms with van der Waals surface area (Å²) < 4.78 is 0. The highest BCUT2D eigenvalue weighted by Crippen LogP contribution is 2.15. The molecule has 1 amide bonds. The van der Waals surface area contributed by atoms with Gasteiger partial charge in [-0.25, -0.2) is 0 Å². The van der Waals surface area contributed by atoms with Crippen LogP contribution in [0, 0.1) is 0 Å². The van der Waals surface area contributed by atoms with E-state index in [4.69, 9.17) is 5.73 Å². The molecule has 0 aliphatic carbocycles. The summed E-state index contributed by atoms with van der Waals surface area (Å²) >= 11 is 1.64. The highest BCUT2D eigenvalue weighted by molar-refractivity contribution is 7.98. The fraction of sp³-hybridized carbons (Fsp3) is 0.467. The molecule has 0 heterocycles. The monoisotopic (exact) mass is 294 g/mol. The van der Waals surface area contributed by atoms with Crippen molar-refractivity contribution in [3.05, 3.63) is 29.8 Å². The minimum Gasteiger partial charge on any atom is -0.369 e. The van der Waals surface area contributed by atoms with Crippen LogP contribution in [0.15, 0.2) is 29.2 Å². The summed E-state index contributed by atoms with van der Waals surface area (Å²) in [6.07, 6.45) is 3.97. The van der Waals surface area contributed by atoms with Crippen molar-refractivity contribution in [2.75, 3.05) is 25.9 Å². The number of benzene rings is 1. The second-order valence-electron chi connectivity index (χ2n) is 4.68. The summed E-state index contributed by atoms with van der Waals surface area (Å²) in [6.45, 7) is 3.16. The summed E-state index contributed by atoms with van der Waals surface area (Å²) in [5, 5.41) is 0. The van der Waals surface area contributed by atoms with Crippen molar-refractivity contribution in [1.82, 2.24) is 4.90 Å². The third kappa shape index (κ3) is 5.75. The molecule has 0 saturated carbocycles. The van der Waals surface area contributed by atoms with E-state index in [1.807, 2.05) is 35.4 Å². The van der Waals surface area contributed by atoms with Crippen LogP contribution in [0.1, 0.15) is 30.1 Å². The maximum atomic E-state index is 12.2. The Hall–Kier alpha value is -1.33. The molecule has 0 aromatic heterocycles. The first-order valence-electron chi connectivity index (χ1n) is 6.74. The molecule has 0 atom stereocenters. The first-order chi connectivity index (χ1) is 9.56. The van der Waals surface area contributed by atoms with Gasteiger partial charge in [-0.05, 0) is 31.4 Å². The van der Waals surface area contributed by atoms with Gasteiger partial charge in [0.25, 0.3) is 0 Å². The van der Waals surface area contributed by atoms with Gasteiger partial charge in [-0.2, -0.15) is 0 Å². The number of rotatable bonds is 9. The van der Waals surface area contributed by atoms with Gasteiger partial charge in [0.15, 0.2) is 5.78 Å². The summed E-state index contributed by atoms with van der Waals surface area (Å²) in [5.41, 5.74) is 5.90. The summed E-state index contributed by atoms with van der Waals surface area (Å²) in [6, 6.07) is 7.53. The lowest BCUT2D eigenvalue weighted by molar-refractivity contribution is -0.119. The highest BCUT2D eigenvalue weighted by Gasteiger charge is 2.14. The molecule has 1 aromatic rings. The number of nitrogens with two attached hydrogens (primary N) is 1. The molecular formula is C15H22N2O2S. The molecule has 0 spiro atoms. The molecule has 4 nitrogen and oxygen atoms in total. The Balaban J connectivity index is 2.65. The third-order valence-corrected chi connectivity index (χ3v) is 3.73. The van der Waals surface area contributed by atoms with Crippen molar-refractivity contribution in [2.45, 2.75) is 24.7 Å². The van der Waals surface area contributed by atoms with E-state index in [1.54, 1.807) is 11.8 Å². The van der Waals surface area contributed by atoms with Crippen LogP contribution >= 0.6 is 11.8 Å². The Bertz CT molecular complexity index is 446. The van der Waals surface area contributed by atoms with Gasteiger partial charge in [0.2, 0.25) is 5.91 Å². The first kappa shape index (κ1) is 16.7. The predicted molar refractivity (Wildman–Crippen MR) is 83.1 cm³/mol. The van der Waals surface area contributed by atoms with Crippen LogP contribution in [0.3, 0.4) is 0 Å². The minimum absolute atomic E-state index is 0.0232. The van der Waals surface area contributed by atoms with E-state index in [0.717, 1.165) is 17.7 Å². The van der Waals surface area contributed by atoms with Crippen molar-refractivity contribution in [2.24, 2.45) is 5.73 Å². The number of thioether (sulfide) groups is 1. The predicted octanol–water partition coefficient (Wildman–Crippen LogP) is 2.18. The van der Waals surface area contributed by atoms with Crippen LogP contribution in [0.2, 0.25) is 0 Å². The number of hydrogen-bond acceptors (Lipinski definition) is 4. The van der Waals surface area contributed by atoms with Crippen molar-refractivity contribution >= 4 is 23.5 Å². The standard InChI is InChI=1S/C15H22N2O2S/c1-3-4-9-17(11-15(16)19)10-14(18)12-5-7-13(20-2)8-6-12/h5-8H,3-4,9-11H2,1-2H3,(H2,16,19). The van der Waals surface area contributed by atoms with Crippen LogP contribution in [0.5, 0.6) is 0 Å². The largest absolute Gasteiger partial charge is 0.369 e. The normalized spacial score (nSPS) is 10.8. The van der Waals surface area contributed by atoms with Gasteiger partial charge in [0.1, 0.15) is 0 Å². The van der Waals surface area contributed by atoms with Crippen LogP contribution in [0.4, 0.5) is 0 Å². The number of nitrogens with zero attached hydrogens (tertiary/aromatic N) is 1. The fourth-order valence-electron chi connectivity index (χ4n) is 1.89. The van der Waals surface area contributed by atoms with Crippen molar-refractivity contribution in [3.63, 3.8) is 0 Å². The van der Waals surface area contributed by atoms with E-state index >= 15 is 0 Å². The number of amides is 1. The Morgan fingerprint density at radius 3 is 2.35 bits per heavy atom. The lowest BCUT2D eigenvalue weighted by Crippen LogP contribution is -2.38. The maximum absolute atomic E-state index is 12.2. The SMILES string of the molecule is CCCCN(CC(N)=O)CC(=O)c1ccc(SC)cc1. The molecule has 0 fully saturated rings. The quantitative estimate of drug-likeness (QED) is 0.560. The second kappa shape index (κ2) is 8.76. The van der Waals surface area contributed by atoms with Gasteiger partial charge in [-0.3, -0.25) is 14.5 Å². The minimum atomic E-state index is -0.397. The van der Waals surface area contributed by atoms with Gasteiger partial charge < -0.3 is 5.73 Å². The van der Waals surface area contributed by atoms with E-state index in [-0.39, 0.29) is 18.9 Å². The van der Waals surface area contributed by atoms with Gasteiger partial charge in [0, 0.05) is 10.5 Å². The molecule has 0 aliphatic heterocycles. The van der Waals surface area contributed by atoms with Crippen molar-refractivity contribution in [1.29, 1.82) is 0 Å². The number of ketones is 1. The average Bonchev–Trinajstić information content (AvgIpc) is 2.44. The zero-order valence-electron chi connectivity index (χ0n) is 12.1. The van der Waals surface area contributed by atoms with E-state index in [9.17, 15) is 9.59 Å². The molecule has 110 valence electrons. The molecule has 0 aliphatic rings. The smallest absolute Gasteiger partial charge is 0.231 e. The van der Waals surface area contributed by atoms with Crippen LogP contribution in [-0.2, 0) is 4.79 Å². The highest BCUT2D eigenvalue weighted by atomic mass is 32.2. The average molecular weight is 294 g/mol. The van der Waals surface area contributed by atoms with E-state index in [2.05, 4.69) is 6.92 Å². The molecular weight excluding hydrogens is 272 g/mol. The number of carbonyl (C=O) groups is 2. The number of Topliss-reactive ketones (excluding diaryl/α,β-unsaturated/α-hetero) is 1. The Morgan fingerprint density at radius 2 is 1.85 bits per heavy atom. The number of unbranched alkanes of at least 4 members (excludes halogenated alkanes) is 1. The maximum Gasteiger partial charge on any atom is 0.231 e.